The topological polar surface area (TPSA) is 107 Å². The maximum atomic E-state index is 12.9. The van der Waals surface area contributed by atoms with Gasteiger partial charge in [0.25, 0.3) is 10.1 Å². The summed E-state index contributed by atoms with van der Waals surface area (Å²) < 4.78 is 58.1. The van der Waals surface area contributed by atoms with Gasteiger partial charge in [0.2, 0.25) is 0 Å². The quantitative estimate of drug-likeness (QED) is 0.0804. The number of carbonyl (C=O) groups is 1. The number of unbranched alkanes of at least 4 members (excludes halogenated alkanes) is 2. The molecule has 0 radical (unpaired) electrons. The van der Waals surface area contributed by atoms with Gasteiger partial charge in [-0.15, -0.1) is 0 Å². The number of esters is 1. The Balaban J connectivity index is 1.35. The van der Waals surface area contributed by atoms with Crippen LogP contribution >= 0.6 is 0 Å². The summed E-state index contributed by atoms with van der Waals surface area (Å²) in [6.45, 7) is 1.82. The Kier molecular flexibility index (Phi) is 12.3. The van der Waals surface area contributed by atoms with E-state index in [0.29, 0.717) is 53.3 Å². The Labute approximate surface area is 272 Å². The Bertz CT molecular complexity index is 1560. The Morgan fingerprint density at radius 1 is 0.804 bits per heavy atom. The molecular weight excluding hydrogens is 610 g/mol. The Hall–Kier alpha value is -3.80. The van der Waals surface area contributed by atoms with E-state index in [1.165, 1.54) is 23.3 Å². The van der Waals surface area contributed by atoms with E-state index < -0.39 is 10.1 Å². The number of quaternary nitrogens is 1. The van der Waals surface area contributed by atoms with E-state index in [9.17, 15) is 13.2 Å². The number of fused-ring (bicyclic) bond motifs is 1. The average molecular weight is 657 g/mol. The number of rotatable bonds is 17. The van der Waals surface area contributed by atoms with E-state index >= 15 is 0 Å². The molecule has 1 aliphatic rings. The molecule has 0 saturated carbocycles. The van der Waals surface area contributed by atoms with Crippen LogP contribution < -0.4 is 18.9 Å². The molecule has 46 heavy (non-hydrogen) atoms. The van der Waals surface area contributed by atoms with Gasteiger partial charge in [-0.2, -0.15) is 8.42 Å². The summed E-state index contributed by atoms with van der Waals surface area (Å²) in [5.74, 6) is 2.48. The molecule has 1 heterocycles. The first-order valence-electron chi connectivity index (χ1n) is 15.5. The van der Waals surface area contributed by atoms with Crippen molar-refractivity contribution in [3.8, 4) is 23.0 Å². The van der Waals surface area contributed by atoms with Crippen LogP contribution in [0.4, 0.5) is 0 Å². The molecular formula is C35H46NO9S+. The monoisotopic (exact) mass is 656 g/mol. The van der Waals surface area contributed by atoms with E-state index in [2.05, 4.69) is 25.2 Å². The molecule has 0 unspecified atom stereocenters. The zero-order valence-electron chi connectivity index (χ0n) is 27.5. The van der Waals surface area contributed by atoms with Crippen molar-refractivity contribution < 1.29 is 45.6 Å². The fourth-order valence-electron chi connectivity index (χ4n) is 5.97. The summed E-state index contributed by atoms with van der Waals surface area (Å²) in [6.07, 6.45) is 3.69. The highest BCUT2D eigenvalue weighted by atomic mass is 32.2. The number of carbonyl (C=O) groups excluding carboxylic acids is 1. The van der Waals surface area contributed by atoms with Crippen molar-refractivity contribution >= 4 is 16.1 Å². The van der Waals surface area contributed by atoms with E-state index in [0.717, 1.165) is 24.9 Å². The van der Waals surface area contributed by atoms with Gasteiger partial charge in [-0.1, -0.05) is 24.3 Å². The lowest BCUT2D eigenvalue weighted by Gasteiger charge is -2.46. The van der Waals surface area contributed by atoms with Crippen molar-refractivity contribution in [1.29, 1.82) is 0 Å². The van der Waals surface area contributed by atoms with Gasteiger partial charge in [-0.3, -0.25) is 8.98 Å². The van der Waals surface area contributed by atoms with Gasteiger partial charge < -0.3 is 28.2 Å². The van der Waals surface area contributed by atoms with Crippen molar-refractivity contribution in [2.45, 2.75) is 49.5 Å². The van der Waals surface area contributed by atoms with E-state index in [1.807, 2.05) is 12.1 Å². The van der Waals surface area contributed by atoms with Crippen LogP contribution in [0.2, 0.25) is 0 Å². The highest BCUT2D eigenvalue weighted by molar-refractivity contribution is 7.86. The van der Waals surface area contributed by atoms with E-state index in [1.54, 1.807) is 46.6 Å². The molecule has 0 bridgehead atoms. The van der Waals surface area contributed by atoms with Crippen LogP contribution in [0.15, 0.2) is 65.6 Å². The van der Waals surface area contributed by atoms with E-state index in [4.69, 9.17) is 27.9 Å². The van der Waals surface area contributed by atoms with Crippen LogP contribution in [0.3, 0.4) is 0 Å². The molecule has 250 valence electrons. The first-order valence-corrected chi connectivity index (χ1v) is 16.9. The van der Waals surface area contributed by atoms with E-state index in [-0.39, 0.29) is 36.5 Å². The summed E-state index contributed by atoms with van der Waals surface area (Å²) in [6, 6.07) is 18.2. The van der Waals surface area contributed by atoms with Crippen LogP contribution in [0, 0.1) is 0 Å². The van der Waals surface area contributed by atoms with Crippen LogP contribution in [-0.2, 0) is 36.7 Å². The predicted molar refractivity (Wildman–Crippen MR) is 174 cm³/mol. The van der Waals surface area contributed by atoms with Gasteiger partial charge in [0, 0.05) is 18.4 Å². The smallest absolute Gasteiger partial charge is 0.311 e. The molecule has 2 atom stereocenters. The SMILES string of the molecule is COc1ccc(C[C@@H]2c3cc(OC)c(OC)cc3CC[N@+]2(C)CCC(=O)OCCCCCOS(=O)(=O)c2ccccc2)cc1OC. The normalized spacial score (nSPS) is 17.5. The summed E-state index contributed by atoms with van der Waals surface area (Å²) in [7, 11) is 4.97. The number of nitrogens with zero attached hydrogens (tertiary/aromatic N) is 1. The summed E-state index contributed by atoms with van der Waals surface area (Å²) in [4.78, 5) is 13.0. The second-order valence-electron chi connectivity index (χ2n) is 11.6. The third kappa shape index (κ3) is 8.71. The summed E-state index contributed by atoms with van der Waals surface area (Å²) in [5, 5.41) is 0. The van der Waals surface area contributed by atoms with Crippen molar-refractivity contribution in [2.24, 2.45) is 0 Å². The molecule has 1 aliphatic heterocycles. The fraction of sp³-hybridized carbons (Fsp3) is 0.457. The largest absolute Gasteiger partial charge is 0.493 e. The second kappa shape index (κ2) is 16.2. The van der Waals surface area contributed by atoms with Crippen molar-refractivity contribution in [1.82, 2.24) is 0 Å². The van der Waals surface area contributed by atoms with Crippen LogP contribution in [0.1, 0.15) is 48.4 Å². The lowest BCUT2D eigenvalue weighted by Crippen LogP contribution is -2.53. The first kappa shape index (κ1) is 35.1. The van der Waals surface area contributed by atoms with Crippen molar-refractivity contribution in [3.05, 3.63) is 77.4 Å². The average Bonchev–Trinajstić information content (AvgIpc) is 3.08. The van der Waals surface area contributed by atoms with Crippen LogP contribution in [-0.4, -0.2) is 80.7 Å². The van der Waals surface area contributed by atoms with Gasteiger partial charge in [-0.05, 0) is 66.8 Å². The zero-order chi connectivity index (χ0) is 33.2. The number of likely N-dealkylation sites (N-methyl/N-ethyl adjacent to an activating group) is 1. The fourth-order valence-corrected chi connectivity index (χ4v) is 6.93. The molecule has 0 N–H and O–H groups in total. The first-order chi connectivity index (χ1) is 22.1. The number of hydrogen-bond acceptors (Lipinski definition) is 9. The summed E-state index contributed by atoms with van der Waals surface area (Å²) in [5.41, 5.74) is 3.48. The van der Waals surface area contributed by atoms with Gasteiger partial charge in [0.1, 0.15) is 6.04 Å². The number of benzene rings is 3. The summed E-state index contributed by atoms with van der Waals surface area (Å²) >= 11 is 0. The number of methoxy groups -OCH3 is 4. The molecule has 11 heteroatoms. The van der Waals surface area contributed by atoms with Crippen LogP contribution in [0.25, 0.3) is 0 Å². The molecule has 0 aromatic heterocycles. The Morgan fingerprint density at radius 3 is 2.15 bits per heavy atom. The minimum Gasteiger partial charge on any atom is -0.493 e. The lowest BCUT2D eigenvalue weighted by atomic mass is 9.86. The van der Waals surface area contributed by atoms with Crippen molar-refractivity contribution in [3.63, 3.8) is 0 Å². The molecule has 10 nitrogen and oxygen atoms in total. The van der Waals surface area contributed by atoms with Gasteiger partial charge in [0.15, 0.2) is 23.0 Å². The zero-order valence-corrected chi connectivity index (χ0v) is 28.3. The molecule has 0 fully saturated rings. The van der Waals surface area contributed by atoms with Gasteiger partial charge in [0.05, 0.1) is 73.1 Å². The minimum absolute atomic E-state index is 0.0432. The van der Waals surface area contributed by atoms with Gasteiger partial charge >= 0.3 is 5.97 Å². The molecule has 0 aliphatic carbocycles. The molecule has 0 amide bonds. The standard InChI is InChI=1S/C35H46NO9S/c1-36(19-17-35(37)44-20-10-7-11-21-45-46(38,39)28-12-8-6-9-13-28)18-16-27-24-33(42-4)34(43-5)25-29(27)30(36)22-26-14-15-31(40-2)32(23-26)41-3/h6,8-9,12-15,23-25,30H,7,10-11,16-22H2,1-5H3/q+1/t30-,36-/m1/s1. The number of ether oxygens (including phenoxy) is 5. The number of hydrogen-bond donors (Lipinski definition) is 0. The predicted octanol–water partition coefficient (Wildman–Crippen LogP) is 5.52. The highest BCUT2D eigenvalue weighted by Gasteiger charge is 2.40. The third-order valence-electron chi connectivity index (χ3n) is 8.67. The Morgan fingerprint density at radius 2 is 1.46 bits per heavy atom. The maximum Gasteiger partial charge on any atom is 0.311 e. The molecule has 3 aromatic rings. The molecule has 4 rings (SSSR count). The molecule has 0 saturated heterocycles. The van der Waals surface area contributed by atoms with Gasteiger partial charge in [-0.25, -0.2) is 0 Å². The minimum atomic E-state index is -3.76. The highest BCUT2D eigenvalue weighted by Crippen LogP contribution is 2.43. The molecule has 3 aromatic carbocycles. The third-order valence-corrected chi connectivity index (χ3v) is 10.0. The second-order valence-corrected chi connectivity index (χ2v) is 13.2. The maximum absolute atomic E-state index is 12.9. The lowest BCUT2D eigenvalue weighted by molar-refractivity contribution is -0.940. The van der Waals surface area contributed by atoms with Crippen LogP contribution in [0.5, 0.6) is 23.0 Å². The molecule has 0 spiro atoms. The van der Waals surface area contributed by atoms with Crippen molar-refractivity contribution in [2.75, 3.05) is 61.8 Å².